The minimum absolute atomic E-state index is 0.0748. The van der Waals surface area contributed by atoms with E-state index in [1.54, 1.807) is 0 Å². The van der Waals surface area contributed by atoms with Crippen LogP contribution in [0.25, 0.3) is 0 Å². The van der Waals surface area contributed by atoms with Crippen LogP contribution in [-0.4, -0.2) is 36.0 Å². The van der Waals surface area contributed by atoms with E-state index >= 15 is 0 Å². The Labute approximate surface area is 122 Å². The molecule has 0 radical (unpaired) electrons. The van der Waals surface area contributed by atoms with Gasteiger partial charge in [0.05, 0.1) is 12.2 Å². The van der Waals surface area contributed by atoms with Crippen LogP contribution in [0.4, 0.5) is 3.89 Å². The Kier molecular flexibility index (Phi) is 3.90. The molecule has 1 aromatic heterocycles. The topological polar surface area (TPSA) is 67.3 Å². The number of amides is 1. The highest BCUT2D eigenvalue weighted by molar-refractivity contribution is 7.87. The molecule has 20 heavy (non-hydrogen) atoms. The van der Waals surface area contributed by atoms with Gasteiger partial charge < -0.3 is 4.90 Å². The Balaban J connectivity index is 2.08. The van der Waals surface area contributed by atoms with Crippen molar-refractivity contribution in [3.8, 4) is 0 Å². The summed E-state index contributed by atoms with van der Waals surface area (Å²) in [4.78, 5) is 17.5. The average molecular weight is 320 g/mol. The number of carbonyl (C=O) groups excluding carboxylic acids is 1. The summed E-state index contributed by atoms with van der Waals surface area (Å²) in [5, 5.41) is 1.43. The number of rotatable bonds is 3. The number of likely N-dealkylation sites (tertiary alicyclic amines) is 1. The lowest BCUT2D eigenvalue weighted by atomic mass is 9.93. The lowest BCUT2D eigenvalue weighted by Crippen LogP contribution is -2.26. The van der Waals surface area contributed by atoms with Crippen LogP contribution in [0.3, 0.4) is 0 Å². The van der Waals surface area contributed by atoms with Crippen LogP contribution in [0.2, 0.25) is 0 Å². The van der Waals surface area contributed by atoms with Gasteiger partial charge in [-0.2, -0.15) is 8.42 Å². The van der Waals surface area contributed by atoms with Gasteiger partial charge in [-0.25, -0.2) is 4.98 Å². The highest BCUT2D eigenvalue weighted by atomic mass is 32.3. The van der Waals surface area contributed by atoms with Crippen molar-refractivity contribution in [2.24, 2.45) is 0 Å². The van der Waals surface area contributed by atoms with Gasteiger partial charge in [-0.3, -0.25) is 4.79 Å². The second-order valence-corrected chi connectivity index (χ2v) is 8.51. The fraction of sp³-hybridized carbons (Fsp3) is 0.667. The Morgan fingerprint density at radius 2 is 2.15 bits per heavy atom. The number of hydrogen-bond acceptors (Lipinski definition) is 5. The Hall–Kier alpha value is -1.02. The van der Waals surface area contributed by atoms with E-state index < -0.39 is 15.5 Å². The first kappa shape index (κ1) is 15.4. The lowest BCUT2D eigenvalue weighted by molar-refractivity contribution is -0.128. The van der Waals surface area contributed by atoms with Crippen molar-refractivity contribution in [1.82, 2.24) is 9.88 Å². The third-order valence-electron chi connectivity index (χ3n) is 3.22. The first-order chi connectivity index (χ1) is 9.07. The van der Waals surface area contributed by atoms with E-state index in [2.05, 4.69) is 4.98 Å². The van der Waals surface area contributed by atoms with E-state index in [1.165, 1.54) is 16.2 Å². The van der Waals surface area contributed by atoms with Crippen molar-refractivity contribution >= 4 is 27.5 Å². The summed E-state index contributed by atoms with van der Waals surface area (Å²) in [5.41, 5.74) is 0.855. The van der Waals surface area contributed by atoms with Gasteiger partial charge in [0, 0.05) is 23.8 Å². The number of aromatic nitrogens is 1. The molecule has 1 aromatic rings. The summed E-state index contributed by atoms with van der Waals surface area (Å²) in [7, 11) is -4.66. The molecule has 1 unspecified atom stereocenters. The molecule has 0 N–H and O–H groups in total. The molecule has 0 aliphatic carbocycles. The van der Waals surface area contributed by atoms with E-state index in [0.29, 0.717) is 0 Å². The predicted molar refractivity (Wildman–Crippen MR) is 74.7 cm³/mol. The minimum atomic E-state index is -4.66. The van der Waals surface area contributed by atoms with Crippen molar-refractivity contribution in [3.05, 3.63) is 16.1 Å². The summed E-state index contributed by atoms with van der Waals surface area (Å²) >= 11 is 1.43. The van der Waals surface area contributed by atoms with Gasteiger partial charge in [0.25, 0.3) is 0 Å². The zero-order valence-electron chi connectivity index (χ0n) is 11.6. The molecule has 1 saturated heterocycles. The first-order valence-corrected chi connectivity index (χ1v) is 8.56. The lowest BCUT2D eigenvalue weighted by Gasteiger charge is -2.15. The Morgan fingerprint density at radius 3 is 2.60 bits per heavy atom. The van der Waals surface area contributed by atoms with Gasteiger partial charge in [0.1, 0.15) is 10.3 Å². The van der Waals surface area contributed by atoms with Gasteiger partial charge in [0.15, 0.2) is 0 Å². The smallest absolute Gasteiger partial charge is 0.307 e. The van der Waals surface area contributed by atoms with Crippen molar-refractivity contribution in [2.45, 2.75) is 44.4 Å². The Morgan fingerprint density at radius 1 is 1.50 bits per heavy atom. The van der Waals surface area contributed by atoms with Crippen LogP contribution < -0.4 is 0 Å². The summed E-state index contributed by atoms with van der Waals surface area (Å²) < 4.78 is 34.6. The molecule has 112 valence electrons. The maximum Gasteiger partial charge on any atom is 0.307 e. The zero-order chi connectivity index (χ0) is 15.1. The predicted octanol–water partition coefficient (Wildman–Crippen LogP) is 1.84. The van der Waals surface area contributed by atoms with E-state index in [-0.39, 0.29) is 30.8 Å². The van der Waals surface area contributed by atoms with Crippen molar-refractivity contribution in [2.75, 3.05) is 6.54 Å². The van der Waals surface area contributed by atoms with Crippen molar-refractivity contribution in [1.29, 1.82) is 0 Å². The molecule has 1 aliphatic heterocycles. The second-order valence-electron chi connectivity index (χ2n) is 5.95. The summed E-state index contributed by atoms with van der Waals surface area (Å²) in [6.07, 6.45) is -0.281. The molecule has 0 aromatic carbocycles. The molecule has 1 fully saturated rings. The van der Waals surface area contributed by atoms with Gasteiger partial charge in [-0.1, -0.05) is 20.8 Å². The molecule has 1 aliphatic rings. The molecule has 0 bridgehead atoms. The number of nitrogens with zero attached hydrogens (tertiary/aromatic N) is 2. The second kappa shape index (κ2) is 5.07. The molecule has 0 spiro atoms. The van der Waals surface area contributed by atoms with Crippen molar-refractivity contribution < 1.29 is 17.1 Å². The van der Waals surface area contributed by atoms with E-state index in [1.807, 2.05) is 26.2 Å². The third-order valence-corrected chi connectivity index (χ3v) is 5.17. The molecular weight excluding hydrogens is 303 g/mol. The zero-order valence-corrected chi connectivity index (χ0v) is 13.2. The van der Waals surface area contributed by atoms with E-state index in [9.17, 15) is 17.1 Å². The highest BCUT2D eigenvalue weighted by Gasteiger charge is 2.38. The van der Waals surface area contributed by atoms with E-state index in [0.717, 1.165) is 10.7 Å². The molecule has 2 rings (SSSR count). The Bertz CT molecular complexity index is 619. The largest absolute Gasteiger partial charge is 0.334 e. The maximum atomic E-state index is 12.9. The normalized spacial score (nSPS) is 20.7. The van der Waals surface area contributed by atoms with Crippen molar-refractivity contribution in [3.63, 3.8) is 0 Å². The van der Waals surface area contributed by atoms with Gasteiger partial charge in [0.2, 0.25) is 5.91 Å². The monoisotopic (exact) mass is 320 g/mol. The third kappa shape index (κ3) is 3.35. The summed E-state index contributed by atoms with van der Waals surface area (Å²) in [6, 6.07) is 0. The maximum absolute atomic E-state index is 12.9. The molecule has 0 saturated carbocycles. The minimum Gasteiger partial charge on any atom is -0.334 e. The van der Waals surface area contributed by atoms with Gasteiger partial charge >= 0.3 is 10.2 Å². The summed E-state index contributed by atoms with van der Waals surface area (Å²) in [6.45, 7) is 6.27. The van der Waals surface area contributed by atoms with Crippen LogP contribution in [0.1, 0.15) is 37.9 Å². The highest BCUT2D eigenvalue weighted by Crippen LogP contribution is 2.26. The van der Waals surface area contributed by atoms with Crippen LogP contribution in [0.5, 0.6) is 0 Å². The van der Waals surface area contributed by atoms with Gasteiger partial charge in [-0.05, 0) is 0 Å². The molecule has 5 nitrogen and oxygen atoms in total. The molecule has 1 atom stereocenters. The fourth-order valence-corrected chi connectivity index (χ4v) is 3.70. The number of carbonyl (C=O) groups is 1. The van der Waals surface area contributed by atoms with Crippen LogP contribution in [0.15, 0.2) is 5.38 Å². The SMILES string of the molecule is CC(C)(C)c1csc(CN2CC(S(=O)(=O)F)CC2=O)n1. The summed E-state index contributed by atoms with van der Waals surface area (Å²) in [5.74, 6) is -0.344. The molecule has 1 amide bonds. The number of hydrogen-bond donors (Lipinski definition) is 0. The fourth-order valence-electron chi connectivity index (χ4n) is 1.97. The van der Waals surface area contributed by atoms with E-state index in [4.69, 9.17) is 0 Å². The number of thiazole rings is 1. The molecule has 2 heterocycles. The molecular formula is C12H17FN2O3S2. The quantitative estimate of drug-likeness (QED) is 0.797. The molecule has 8 heteroatoms. The average Bonchev–Trinajstić information content (AvgIpc) is 2.85. The number of halogens is 1. The standard InChI is InChI=1S/C12H17FN2O3S2/c1-12(2,3)9-7-19-10(14-9)6-15-5-8(4-11(15)16)20(13,17)18/h7-8H,4-6H2,1-3H3. The van der Waals surface area contributed by atoms with Crippen LogP contribution >= 0.6 is 11.3 Å². The van der Waals surface area contributed by atoms with Gasteiger partial charge in [-0.15, -0.1) is 15.2 Å². The van der Waals surface area contributed by atoms with Crippen LogP contribution in [0, 0.1) is 0 Å². The first-order valence-electron chi connectivity index (χ1n) is 6.23. The van der Waals surface area contributed by atoms with Crippen LogP contribution in [-0.2, 0) is 27.0 Å².